The number of halogens is 2. The molecule has 1 aromatic heterocycles. The molecule has 1 heterocycles. The molecule has 0 radical (unpaired) electrons. The van der Waals surface area contributed by atoms with E-state index in [1.165, 1.54) is 15.5 Å². The van der Waals surface area contributed by atoms with Crippen molar-refractivity contribution < 1.29 is 4.74 Å². The van der Waals surface area contributed by atoms with Crippen LogP contribution in [0.2, 0.25) is 0 Å². The van der Waals surface area contributed by atoms with E-state index in [-0.39, 0.29) is 0 Å². The number of benzene rings is 4. The minimum atomic E-state index is 0.499. The molecule has 0 unspecified atom stereocenters. The molecule has 0 aliphatic rings. The fourth-order valence-electron chi connectivity index (χ4n) is 3.39. The van der Waals surface area contributed by atoms with E-state index in [0.29, 0.717) is 6.61 Å². The topological polar surface area (TPSA) is 22.1 Å². The number of ether oxygens (including phenoxy) is 1. The van der Waals surface area contributed by atoms with E-state index in [1.54, 1.807) is 11.3 Å². The third kappa shape index (κ3) is 3.70. The van der Waals surface area contributed by atoms with Crippen LogP contribution in [0.3, 0.4) is 0 Å². The number of nitrogens with zero attached hydrogens (tertiary/aromatic N) is 1. The van der Waals surface area contributed by atoms with Crippen molar-refractivity contribution in [2.45, 2.75) is 6.61 Å². The minimum absolute atomic E-state index is 0.499. The second-order valence-corrected chi connectivity index (χ2v) is 9.42. The molecule has 0 fully saturated rings. The standard InChI is InChI=1S/C24H15Br2NOS/c25-19-12-17(24-27-21-10-3-4-11-22(21)29-24)13-20(26)23(19)28-14-16-8-5-7-15-6-1-2-9-18(15)16/h1-13H,14H2. The highest BCUT2D eigenvalue weighted by Gasteiger charge is 2.14. The molecule has 0 bridgehead atoms. The van der Waals surface area contributed by atoms with E-state index in [4.69, 9.17) is 9.72 Å². The number of hydrogen-bond donors (Lipinski definition) is 0. The van der Waals surface area contributed by atoms with Gasteiger partial charge in [-0.3, -0.25) is 0 Å². The highest BCUT2D eigenvalue weighted by Crippen LogP contribution is 2.40. The van der Waals surface area contributed by atoms with Crippen LogP contribution in [0.4, 0.5) is 0 Å². The number of aromatic nitrogens is 1. The largest absolute Gasteiger partial charge is 0.487 e. The monoisotopic (exact) mass is 523 g/mol. The molecule has 5 aromatic rings. The Morgan fingerprint density at radius 3 is 2.38 bits per heavy atom. The first-order valence-electron chi connectivity index (χ1n) is 9.13. The van der Waals surface area contributed by atoms with Gasteiger partial charge in [0, 0.05) is 5.56 Å². The van der Waals surface area contributed by atoms with Crippen molar-refractivity contribution in [2.75, 3.05) is 0 Å². The quantitative estimate of drug-likeness (QED) is 0.236. The van der Waals surface area contributed by atoms with Crippen molar-refractivity contribution in [3.05, 3.63) is 93.4 Å². The zero-order valence-electron chi connectivity index (χ0n) is 15.2. The van der Waals surface area contributed by atoms with Crippen LogP contribution in [-0.2, 0) is 6.61 Å². The van der Waals surface area contributed by atoms with E-state index in [2.05, 4.69) is 92.5 Å². The maximum atomic E-state index is 6.20. The van der Waals surface area contributed by atoms with Gasteiger partial charge in [0.1, 0.15) is 17.4 Å². The SMILES string of the molecule is Brc1cc(-c2nc3ccccc3s2)cc(Br)c1OCc1cccc2ccccc12. The molecule has 0 aliphatic carbocycles. The molecule has 0 N–H and O–H groups in total. The van der Waals surface area contributed by atoms with E-state index >= 15 is 0 Å². The summed E-state index contributed by atoms with van der Waals surface area (Å²) in [5.74, 6) is 0.794. The molecule has 0 aliphatic heterocycles. The summed E-state index contributed by atoms with van der Waals surface area (Å²) < 4.78 is 9.20. The first-order chi connectivity index (χ1) is 14.2. The van der Waals surface area contributed by atoms with Crippen LogP contribution in [-0.4, -0.2) is 4.98 Å². The highest BCUT2D eigenvalue weighted by molar-refractivity contribution is 9.11. The van der Waals surface area contributed by atoms with Gasteiger partial charge < -0.3 is 4.74 Å². The van der Waals surface area contributed by atoms with Gasteiger partial charge in [-0.1, -0.05) is 54.6 Å². The lowest BCUT2D eigenvalue weighted by molar-refractivity contribution is 0.304. The van der Waals surface area contributed by atoms with Crippen LogP contribution in [0.15, 0.2) is 87.8 Å². The van der Waals surface area contributed by atoms with E-state index < -0.39 is 0 Å². The lowest BCUT2D eigenvalue weighted by atomic mass is 10.1. The molecular formula is C24H15Br2NOS. The molecule has 0 amide bonds. The van der Waals surface area contributed by atoms with E-state index in [9.17, 15) is 0 Å². The Morgan fingerprint density at radius 1 is 0.828 bits per heavy atom. The van der Waals surface area contributed by atoms with Gasteiger partial charge >= 0.3 is 0 Å². The minimum Gasteiger partial charge on any atom is -0.487 e. The first-order valence-corrected chi connectivity index (χ1v) is 11.5. The summed E-state index contributed by atoms with van der Waals surface area (Å²) in [5.41, 5.74) is 3.25. The number of thiazole rings is 1. The average Bonchev–Trinajstić information content (AvgIpc) is 3.17. The normalized spacial score (nSPS) is 11.2. The van der Waals surface area contributed by atoms with Gasteiger partial charge in [-0.25, -0.2) is 4.98 Å². The van der Waals surface area contributed by atoms with Gasteiger partial charge in [0.25, 0.3) is 0 Å². The summed E-state index contributed by atoms with van der Waals surface area (Å²) in [6, 6.07) is 27.0. The molecule has 2 nitrogen and oxygen atoms in total. The first kappa shape index (κ1) is 18.8. The molecular weight excluding hydrogens is 510 g/mol. The van der Waals surface area contributed by atoms with Gasteiger partial charge in [-0.15, -0.1) is 11.3 Å². The van der Waals surface area contributed by atoms with E-state index in [1.807, 2.05) is 18.2 Å². The smallest absolute Gasteiger partial charge is 0.148 e. The zero-order valence-corrected chi connectivity index (χ0v) is 19.2. The summed E-state index contributed by atoms with van der Waals surface area (Å²) >= 11 is 9.06. The summed E-state index contributed by atoms with van der Waals surface area (Å²) in [6.45, 7) is 0.499. The van der Waals surface area contributed by atoms with Crippen molar-refractivity contribution in [3.63, 3.8) is 0 Å². The maximum Gasteiger partial charge on any atom is 0.148 e. The lowest BCUT2D eigenvalue weighted by Gasteiger charge is -2.13. The average molecular weight is 525 g/mol. The van der Waals surface area contributed by atoms with Crippen LogP contribution in [0.1, 0.15) is 5.56 Å². The molecule has 5 heteroatoms. The second-order valence-electron chi connectivity index (χ2n) is 6.68. The highest BCUT2D eigenvalue weighted by atomic mass is 79.9. The molecule has 0 atom stereocenters. The Morgan fingerprint density at radius 2 is 1.55 bits per heavy atom. The molecule has 5 rings (SSSR count). The zero-order chi connectivity index (χ0) is 19.8. The Labute approximate surface area is 189 Å². The molecule has 0 saturated heterocycles. The number of rotatable bonds is 4. The summed E-state index contributed by atoms with van der Waals surface area (Å²) in [6.07, 6.45) is 0. The van der Waals surface area contributed by atoms with Gasteiger partial charge in [-0.05, 0) is 72.5 Å². The summed E-state index contributed by atoms with van der Waals surface area (Å²) in [5, 5.41) is 3.43. The lowest BCUT2D eigenvalue weighted by Crippen LogP contribution is -1.98. The molecule has 0 spiro atoms. The number of hydrogen-bond acceptors (Lipinski definition) is 3. The van der Waals surface area contributed by atoms with Crippen LogP contribution >= 0.6 is 43.2 Å². The van der Waals surface area contributed by atoms with Crippen molar-refractivity contribution in [3.8, 4) is 16.3 Å². The second kappa shape index (κ2) is 7.90. The molecule has 29 heavy (non-hydrogen) atoms. The maximum absolute atomic E-state index is 6.20. The predicted molar refractivity (Wildman–Crippen MR) is 129 cm³/mol. The Bertz CT molecular complexity index is 1280. The third-order valence-corrected chi connectivity index (χ3v) is 7.05. The van der Waals surface area contributed by atoms with Gasteiger partial charge in [-0.2, -0.15) is 0 Å². The van der Waals surface area contributed by atoms with Gasteiger partial charge in [0.15, 0.2) is 0 Å². The van der Waals surface area contributed by atoms with Crippen LogP contribution < -0.4 is 4.74 Å². The van der Waals surface area contributed by atoms with Crippen molar-refractivity contribution in [1.82, 2.24) is 4.98 Å². The molecule has 4 aromatic carbocycles. The number of fused-ring (bicyclic) bond motifs is 2. The summed E-state index contributed by atoms with van der Waals surface area (Å²) in [7, 11) is 0. The fourth-order valence-corrected chi connectivity index (χ4v) is 5.75. The number of para-hydroxylation sites is 1. The Balaban J connectivity index is 1.45. The van der Waals surface area contributed by atoms with E-state index in [0.717, 1.165) is 36.3 Å². The third-order valence-electron chi connectivity index (χ3n) is 4.79. The van der Waals surface area contributed by atoms with Crippen molar-refractivity contribution in [1.29, 1.82) is 0 Å². The van der Waals surface area contributed by atoms with Crippen molar-refractivity contribution >= 4 is 64.2 Å². The predicted octanol–water partition coefficient (Wildman–Crippen LogP) is 8.22. The molecule has 0 saturated carbocycles. The fraction of sp³-hybridized carbons (Fsp3) is 0.0417. The van der Waals surface area contributed by atoms with Crippen LogP contribution in [0, 0.1) is 0 Å². The van der Waals surface area contributed by atoms with Gasteiger partial charge in [0.2, 0.25) is 0 Å². The van der Waals surface area contributed by atoms with Crippen LogP contribution in [0.5, 0.6) is 5.75 Å². The van der Waals surface area contributed by atoms with Gasteiger partial charge in [0.05, 0.1) is 19.2 Å². The Kier molecular flexibility index (Phi) is 5.12. The Hall–Kier alpha value is -2.21. The summed E-state index contributed by atoms with van der Waals surface area (Å²) in [4.78, 5) is 4.76. The van der Waals surface area contributed by atoms with Crippen molar-refractivity contribution in [2.24, 2.45) is 0 Å². The van der Waals surface area contributed by atoms with Crippen LogP contribution in [0.25, 0.3) is 31.6 Å². The molecule has 142 valence electrons.